The predicted octanol–water partition coefficient (Wildman–Crippen LogP) is 3.96. The van der Waals surface area contributed by atoms with Crippen LogP contribution in [-0.2, 0) is 4.79 Å². The number of aryl methyl sites for hydroxylation is 1. The van der Waals surface area contributed by atoms with Crippen LogP contribution in [0.4, 0.5) is 5.82 Å². The van der Waals surface area contributed by atoms with Crippen LogP contribution in [0.1, 0.15) is 44.7 Å². The second-order valence-corrected chi connectivity index (χ2v) is 5.93. The first kappa shape index (κ1) is 17.1. The lowest BCUT2D eigenvalue weighted by Crippen LogP contribution is -2.16. The number of hydrogen-bond acceptors (Lipinski definition) is 3. The number of ether oxygens (including phenoxy) is 1. The number of benzene rings is 1. The number of carbonyl (C=O) groups is 1. The van der Waals surface area contributed by atoms with Crippen molar-refractivity contribution in [2.45, 2.75) is 46.1 Å². The second-order valence-electron chi connectivity index (χ2n) is 5.93. The SMILES string of the molecule is Cc1cccc(OCCCCC(=O)Nc2ccnn2C(C)C)c1. The third kappa shape index (κ3) is 5.43. The van der Waals surface area contributed by atoms with Crippen molar-refractivity contribution in [3.63, 3.8) is 0 Å². The molecule has 23 heavy (non-hydrogen) atoms. The van der Waals surface area contributed by atoms with E-state index >= 15 is 0 Å². The summed E-state index contributed by atoms with van der Waals surface area (Å²) in [5.74, 6) is 1.65. The summed E-state index contributed by atoms with van der Waals surface area (Å²) < 4.78 is 7.48. The van der Waals surface area contributed by atoms with Gasteiger partial charge in [0.15, 0.2) is 0 Å². The van der Waals surface area contributed by atoms with Gasteiger partial charge in [-0.3, -0.25) is 4.79 Å². The number of rotatable bonds is 8. The van der Waals surface area contributed by atoms with Crippen molar-refractivity contribution >= 4 is 11.7 Å². The number of nitrogens with one attached hydrogen (secondary N) is 1. The first-order valence-corrected chi connectivity index (χ1v) is 8.09. The Bertz CT molecular complexity index is 635. The molecule has 5 heteroatoms. The fourth-order valence-corrected chi connectivity index (χ4v) is 2.31. The normalized spacial score (nSPS) is 10.8. The van der Waals surface area contributed by atoms with Gasteiger partial charge in [0.05, 0.1) is 12.8 Å². The van der Waals surface area contributed by atoms with Gasteiger partial charge >= 0.3 is 0 Å². The molecule has 5 nitrogen and oxygen atoms in total. The summed E-state index contributed by atoms with van der Waals surface area (Å²) in [6.07, 6.45) is 3.84. The summed E-state index contributed by atoms with van der Waals surface area (Å²) in [6.45, 7) is 6.73. The van der Waals surface area contributed by atoms with Crippen molar-refractivity contribution in [2.24, 2.45) is 0 Å². The summed E-state index contributed by atoms with van der Waals surface area (Å²) in [7, 11) is 0. The monoisotopic (exact) mass is 315 g/mol. The van der Waals surface area contributed by atoms with E-state index in [9.17, 15) is 4.79 Å². The quantitative estimate of drug-likeness (QED) is 0.750. The average Bonchev–Trinajstić information content (AvgIpc) is 2.95. The van der Waals surface area contributed by atoms with E-state index in [0.717, 1.165) is 24.4 Å². The van der Waals surface area contributed by atoms with Crippen molar-refractivity contribution in [2.75, 3.05) is 11.9 Å². The first-order valence-electron chi connectivity index (χ1n) is 8.09. The third-order valence-corrected chi connectivity index (χ3v) is 3.48. The molecular weight excluding hydrogens is 290 g/mol. The van der Waals surface area contributed by atoms with Gasteiger partial charge in [-0.1, -0.05) is 12.1 Å². The van der Waals surface area contributed by atoms with E-state index < -0.39 is 0 Å². The average molecular weight is 315 g/mol. The summed E-state index contributed by atoms with van der Waals surface area (Å²) in [6, 6.07) is 10.0. The number of amides is 1. The molecule has 0 atom stereocenters. The lowest BCUT2D eigenvalue weighted by atomic mass is 10.2. The molecule has 1 heterocycles. The van der Waals surface area contributed by atoms with Crippen molar-refractivity contribution < 1.29 is 9.53 Å². The molecular formula is C18H25N3O2. The Morgan fingerprint density at radius 1 is 1.30 bits per heavy atom. The van der Waals surface area contributed by atoms with Gasteiger partial charge in [0.25, 0.3) is 0 Å². The van der Waals surface area contributed by atoms with Gasteiger partial charge in [-0.2, -0.15) is 5.10 Å². The Morgan fingerprint density at radius 2 is 2.13 bits per heavy atom. The largest absolute Gasteiger partial charge is 0.494 e. The molecule has 0 aliphatic heterocycles. The first-order chi connectivity index (χ1) is 11.1. The summed E-state index contributed by atoms with van der Waals surface area (Å²) in [5.41, 5.74) is 1.18. The van der Waals surface area contributed by atoms with Crippen LogP contribution in [0.2, 0.25) is 0 Å². The molecule has 1 aromatic carbocycles. The highest BCUT2D eigenvalue weighted by molar-refractivity contribution is 5.89. The van der Waals surface area contributed by atoms with Gasteiger partial charge in [0.2, 0.25) is 5.91 Å². The molecule has 0 aliphatic rings. The smallest absolute Gasteiger partial charge is 0.225 e. The minimum atomic E-state index is 0.0166. The highest BCUT2D eigenvalue weighted by Gasteiger charge is 2.09. The van der Waals surface area contributed by atoms with Crippen LogP contribution in [0.15, 0.2) is 36.5 Å². The molecule has 124 valence electrons. The lowest BCUT2D eigenvalue weighted by molar-refractivity contribution is -0.116. The minimum Gasteiger partial charge on any atom is -0.494 e. The highest BCUT2D eigenvalue weighted by Crippen LogP contribution is 2.14. The number of hydrogen-bond donors (Lipinski definition) is 1. The van der Waals surface area contributed by atoms with Crippen LogP contribution < -0.4 is 10.1 Å². The molecule has 0 radical (unpaired) electrons. The van der Waals surface area contributed by atoms with Gasteiger partial charge in [-0.15, -0.1) is 0 Å². The predicted molar refractivity (Wildman–Crippen MR) is 91.8 cm³/mol. The fraction of sp³-hybridized carbons (Fsp3) is 0.444. The molecule has 0 fully saturated rings. The number of aromatic nitrogens is 2. The molecule has 2 rings (SSSR count). The van der Waals surface area contributed by atoms with Gasteiger partial charge in [-0.25, -0.2) is 4.68 Å². The van der Waals surface area contributed by atoms with E-state index in [2.05, 4.69) is 10.4 Å². The van der Waals surface area contributed by atoms with Gasteiger partial charge in [0, 0.05) is 18.5 Å². The Kier molecular flexibility index (Phi) is 6.20. The van der Waals surface area contributed by atoms with Crippen LogP contribution in [0.3, 0.4) is 0 Å². The van der Waals surface area contributed by atoms with Crippen LogP contribution >= 0.6 is 0 Å². The van der Waals surface area contributed by atoms with Crippen LogP contribution in [-0.4, -0.2) is 22.3 Å². The maximum atomic E-state index is 12.0. The van der Waals surface area contributed by atoms with Crippen molar-refractivity contribution in [1.82, 2.24) is 9.78 Å². The van der Waals surface area contributed by atoms with Crippen molar-refractivity contribution in [1.29, 1.82) is 0 Å². The maximum absolute atomic E-state index is 12.0. The van der Waals surface area contributed by atoms with Gasteiger partial charge < -0.3 is 10.1 Å². The van der Waals surface area contributed by atoms with Gasteiger partial charge in [-0.05, 0) is 51.3 Å². The molecule has 1 amide bonds. The Balaban J connectivity index is 1.66. The van der Waals surface area contributed by atoms with Crippen LogP contribution in [0.25, 0.3) is 0 Å². The number of unbranched alkanes of at least 4 members (excludes halogenated alkanes) is 1. The second kappa shape index (κ2) is 8.36. The zero-order valence-electron chi connectivity index (χ0n) is 14.1. The summed E-state index contributed by atoms with van der Waals surface area (Å²) in [4.78, 5) is 12.0. The zero-order chi connectivity index (χ0) is 16.7. The van der Waals surface area contributed by atoms with Crippen molar-refractivity contribution in [3.8, 4) is 5.75 Å². The Morgan fingerprint density at radius 3 is 2.87 bits per heavy atom. The number of carbonyl (C=O) groups excluding carboxylic acids is 1. The Hall–Kier alpha value is -2.30. The van der Waals surface area contributed by atoms with Crippen molar-refractivity contribution in [3.05, 3.63) is 42.1 Å². The minimum absolute atomic E-state index is 0.0166. The molecule has 0 saturated heterocycles. The van der Waals surface area contributed by atoms with E-state index in [1.54, 1.807) is 10.9 Å². The van der Waals surface area contributed by atoms with E-state index in [0.29, 0.717) is 13.0 Å². The lowest BCUT2D eigenvalue weighted by Gasteiger charge is -2.11. The van der Waals surface area contributed by atoms with Crippen LogP contribution in [0, 0.1) is 6.92 Å². The Labute approximate surface area is 137 Å². The molecule has 1 aromatic heterocycles. The fourth-order valence-electron chi connectivity index (χ4n) is 2.31. The third-order valence-electron chi connectivity index (χ3n) is 3.48. The van der Waals surface area contributed by atoms with Crippen LogP contribution in [0.5, 0.6) is 5.75 Å². The molecule has 2 aromatic rings. The highest BCUT2D eigenvalue weighted by atomic mass is 16.5. The topological polar surface area (TPSA) is 56.1 Å². The molecule has 1 N–H and O–H groups in total. The maximum Gasteiger partial charge on any atom is 0.225 e. The number of nitrogens with zero attached hydrogens (tertiary/aromatic N) is 2. The number of anilines is 1. The van der Waals surface area contributed by atoms with Gasteiger partial charge in [0.1, 0.15) is 11.6 Å². The summed E-state index contributed by atoms with van der Waals surface area (Å²) >= 11 is 0. The standard InChI is InChI=1S/C18H25N3O2/c1-14(2)21-17(10-11-19-21)20-18(22)9-4-5-12-23-16-8-6-7-15(3)13-16/h6-8,10-11,13-14H,4-5,9,12H2,1-3H3,(H,20,22). The molecule has 0 unspecified atom stereocenters. The van der Waals surface area contributed by atoms with E-state index in [1.807, 2.05) is 51.1 Å². The molecule has 0 saturated carbocycles. The molecule has 0 bridgehead atoms. The van der Waals surface area contributed by atoms with E-state index in [4.69, 9.17) is 4.74 Å². The molecule has 0 spiro atoms. The zero-order valence-corrected chi connectivity index (χ0v) is 14.1. The summed E-state index contributed by atoms with van der Waals surface area (Å²) in [5, 5.41) is 7.11. The molecule has 0 aliphatic carbocycles. The van der Waals surface area contributed by atoms with E-state index in [-0.39, 0.29) is 11.9 Å². The van der Waals surface area contributed by atoms with E-state index in [1.165, 1.54) is 5.56 Å².